The van der Waals surface area contributed by atoms with E-state index < -0.39 is 16.5 Å². The SMILES string of the molecule is O=C(NCCO)c1cccc(Cl)c1[N+](=O)[O-]. The molecule has 2 N–H and O–H groups in total. The van der Waals surface area contributed by atoms with Crippen molar-refractivity contribution < 1.29 is 14.8 Å². The first kappa shape index (κ1) is 12.4. The van der Waals surface area contributed by atoms with Gasteiger partial charge in [0.2, 0.25) is 0 Å². The third-order valence-electron chi connectivity index (χ3n) is 1.81. The molecule has 6 nitrogen and oxygen atoms in total. The number of carbonyl (C=O) groups excluding carboxylic acids is 1. The van der Waals surface area contributed by atoms with Gasteiger partial charge in [-0.3, -0.25) is 14.9 Å². The number of halogens is 1. The van der Waals surface area contributed by atoms with Crippen molar-refractivity contribution in [3.63, 3.8) is 0 Å². The predicted molar refractivity (Wildman–Crippen MR) is 57.5 cm³/mol. The maximum atomic E-state index is 11.5. The number of hydrogen-bond acceptors (Lipinski definition) is 4. The van der Waals surface area contributed by atoms with E-state index in [1.807, 2.05) is 0 Å². The molecule has 0 heterocycles. The maximum absolute atomic E-state index is 11.5. The van der Waals surface area contributed by atoms with Gasteiger partial charge in [0, 0.05) is 6.54 Å². The zero-order valence-corrected chi connectivity index (χ0v) is 8.90. The molecular formula is C9H9ClN2O4. The Morgan fingerprint density at radius 1 is 1.56 bits per heavy atom. The average molecular weight is 245 g/mol. The molecule has 86 valence electrons. The van der Waals surface area contributed by atoms with Gasteiger partial charge in [-0.15, -0.1) is 0 Å². The molecule has 0 aliphatic rings. The van der Waals surface area contributed by atoms with Crippen LogP contribution in [0.3, 0.4) is 0 Å². The summed E-state index contributed by atoms with van der Waals surface area (Å²) in [5.41, 5.74) is -0.550. The second-order valence-electron chi connectivity index (χ2n) is 2.87. The minimum atomic E-state index is -0.712. The van der Waals surface area contributed by atoms with E-state index in [4.69, 9.17) is 16.7 Å². The molecular weight excluding hydrogens is 236 g/mol. The summed E-state index contributed by atoms with van der Waals surface area (Å²) in [7, 11) is 0. The van der Waals surface area contributed by atoms with Crippen LogP contribution in [0.4, 0.5) is 5.69 Å². The molecule has 0 bridgehead atoms. The fraction of sp³-hybridized carbons (Fsp3) is 0.222. The van der Waals surface area contributed by atoms with Crippen LogP contribution in [0.2, 0.25) is 5.02 Å². The third-order valence-corrected chi connectivity index (χ3v) is 2.12. The normalized spacial score (nSPS) is 9.88. The van der Waals surface area contributed by atoms with Crippen LogP contribution in [0.25, 0.3) is 0 Å². The zero-order chi connectivity index (χ0) is 12.1. The number of rotatable bonds is 4. The first-order valence-corrected chi connectivity index (χ1v) is 4.77. The number of nitro benzene ring substituents is 1. The van der Waals surface area contributed by atoms with Crippen LogP contribution < -0.4 is 5.32 Å². The molecule has 0 saturated heterocycles. The third kappa shape index (κ3) is 2.68. The Morgan fingerprint density at radius 3 is 2.81 bits per heavy atom. The van der Waals surface area contributed by atoms with Gasteiger partial charge in [-0.2, -0.15) is 0 Å². The van der Waals surface area contributed by atoms with Gasteiger partial charge in [-0.25, -0.2) is 0 Å². The molecule has 7 heteroatoms. The van der Waals surface area contributed by atoms with Crippen molar-refractivity contribution in [2.45, 2.75) is 0 Å². The van der Waals surface area contributed by atoms with Crippen LogP contribution in [0.15, 0.2) is 18.2 Å². The van der Waals surface area contributed by atoms with Crippen LogP contribution in [-0.2, 0) is 0 Å². The van der Waals surface area contributed by atoms with E-state index in [0.29, 0.717) is 0 Å². The number of nitrogens with zero attached hydrogens (tertiary/aromatic N) is 1. The van der Waals surface area contributed by atoms with Crippen LogP contribution in [0, 0.1) is 10.1 Å². The number of para-hydroxylation sites is 1. The fourth-order valence-electron chi connectivity index (χ4n) is 1.15. The van der Waals surface area contributed by atoms with Gasteiger partial charge >= 0.3 is 5.69 Å². The Labute approximate surface area is 96.0 Å². The number of nitro groups is 1. The van der Waals surface area contributed by atoms with E-state index in [0.717, 1.165) is 0 Å². The number of amides is 1. The molecule has 0 aromatic heterocycles. The smallest absolute Gasteiger partial charge is 0.300 e. The standard InChI is InChI=1S/C9H9ClN2O4/c10-7-3-1-2-6(8(7)12(15)16)9(14)11-4-5-13/h1-3,13H,4-5H2,(H,11,14). The molecule has 1 amide bonds. The van der Waals surface area contributed by atoms with Gasteiger partial charge in [0.25, 0.3) is 5.91 Å². The number of hydrogen-bond donors (Lipinski definition) is 2. The molecule has 0 unspecified atom stereocenters. The highest BCUT2D eigenvalue weighted by atomic mass is 35.5. The van der Waals surface area contributed by atoms with Crippen LogP contribution in [0.1, 0.15) is 10.4 Å². The monoisotopic (exact) mass is 244 g/mol. The highest BCUT2D eigenvalue weighted by Crippen LogP contribution is 2.27. The first-order chi connectivity index (χ1) is 7.57. The minimum Gasteiger partial charge on any atom is -0.395 e. The number of aliphatic hydroxyl groups is 1. The second-order valence-corrected chi connectivity index (χ2v) is 3.28. The first-order valence-electron chi connectivity index (χ1n) is 4.40. The zero-order valence-electron chi connectivity index (χ0n) is 8.14. The van der Waals surface area contributed by atoms with Crippen molar-refractivity contribution >= 4 is 23.2 Å². The summed E-state index contributed by atoms with van der Waals surface area (Å²) in [6.07, 6.45) is 0. The van der Waals surface area contributed by atoms with Gasteiger partial charge in [0.15, 0.2) is 0 Å². The topological polar surface area (TPSA) is 92.5 Å². The van der Waals surface area contributed by atoms with E-state index in [9.17, 15) is 14.9 Å². The van der Waals surface area contributed by atoms with Gasteiger partial charge < -0.3 is 10.4 Å². The Kier molecular flexibility index (Phi) is 4.21. The van der Waals surface area contributed by atoms with Crippen LogP contribution in [-0.4, -0.2) is 29.1 Å². The van der Waals surface area contributed by atoms with E-state index in [-0.39, 0.29) is 23.7 Å². The molecule has 0 aliphatic carbocycles. The fourth-order valence-corrected chi connectivity index (χ4v) is 1.39. The summed E-state index contributed by atoms with van der Waals surface area (Å²) in [5.74, 6) is -0.636. The van der Waals surface area contributed by atoms with Crippen molar-refractivity contribution in [1.82, 2.24) is 5.32 Å². The number of aliphatic hydroxyl groups excluding tert-OH is 1. The highest BCUT2D eigenvalue weighted by molar-refractivity contribution is 6.33. The summed E-state index contributed by atoms with van der Waals surface area (Å²) >= 11 is 5.63. The number of nitrogens with one attached hydrogen (secondary N) is 1. The maximum Gasteiger partial charge on any atom is 0.300 e. The lowest BCUT2D eigenvalue weighted by molar-refractivity contribution is -0.385. The lowest BCUT2D eigenvalue weighted by Crippen LogP contribution is -2.27. The lowest BCUT2D eigenvalue weighted by atomic mass is 10.1. The Hall–Kier alpha value is -1.66. The largest absolute Gasteiger partial charge is 0.395 e. The quantitative estimate of drug-likeness (QED) is 0.610. The van der Waals surface area contributed by atoms with E-state index in [1.165, 1.54) is 18.2 Å². The highest BCUT2D eigenvalue weighted by Gasteiger charge is 2.22. The van der Waals surface area contributed by atoms with Crippen molar-refractivity contribution in [2.24, 2.45) is 0 Å². The second kappa shape index (κ2) is 5.43. The van der Waals surface area contributed by atoms with Gasteiger partial charge in [-0.05, 0) is 12.1 Å². The summed E-state index contributed by atoms with van der Waals surface area (Å²) in [6.45, 7) is -0.206. The van der Waals surface area contributed by atoms with E-state index >= 15 is 0 Å². The Bertz CT molecular complexity index is 422. The predicted octanol–water partition coefficient (Wildman–Crippen LogP) is 0.970. The molecule has 0 saturated carbocycles. The van der Waals surface area contributed by atoms with Crippen molar-refractivity contribution in [1.29, 1.82) is 0 Å². The Balaban J connectivity index is 3.08. The molecule has 1 aromatic carbocycles. The summed E-state index contributed by atoms with van der Waals surface area (Å²) in [6, 6.07) is 4.09. The van der Waals surface area contributed by atoms with Crippen molar-refractivity contribution in [3.05, 3.63) is 38.9 Å². The van der Waals surface area contributed by atoms with Gasteiger partial charge in [-0.1, -0.05) is 17.7 Å². The van der Waals surface area contributed by atoms with Gasteiger partial charge in [0.05, 0.1) is 11.5 Å². The number of carbonyl (C=O) groups is 1. The van der Waals surface area contributed by atoms with Crippen LogP contribution >= 0.6 is 11.6 Å². The van der Waals surface area contributed by atoms with Crippen molar-refractivity contribution in [3.8, 4) is 0 Å². The molecule has 0 radical (unpaired) electrons. The summed E-state index contributed by atoms with van der Waals surface area (Å²) < 4.78 is 0. The van der Waals surface area contributed by atoms with Gasteiger partial charge in [0.1, 0.15) is 10.6 Å². The molecule has 0 spiro atoms. The lowest BCUT2D eigenvalue weighted by Gasteiger charge is -2.04. The summed E-state index contributed by atoms with van der Waals surface area (Å²) in [5, 5.41) is 21.5. The molecule has 0 fully saturated rings. The molecule has 1 rings (SSSR count). The van der Waals surface area contributed by atoms with Crippen LogP contribution in [0.5, 0.6) is 0 Å². The molecule has 1 aromatic rings. The minimum absolute atomic E-state index is 0.0303. The average Bonchev–Trinajstić information content (AvgIpc) is 2.24. The van der Waals surface area contributed by atoms with E-state index in [1.54, 1.807) is 0 Å². The molecule has 16 heavy (non-hydrogen) atoms. The van der Waals surface area contributed by atoms with Crippen molar-refractivity contribution in [2.75, 3.05) is 13.2 Å². The van der Waals surface area contributed by atoms with E-state index in [2.05, 4.69) is 5.32 Å². The molecule has 0 atom stereocenters. The molecule has 0 aliphatic heterocycles. The summed E-state index contributed by atoms with van der Waals surface area (Å²) in [4.78, 5) is 21.5. The Morgan fingerprint density at radius 2 is 2.25 bits per heavy atom. The number of benzene rings is 1.